The smallest absolute Gasteiger partial charge is 0.229 e. The maximum atomic E-state index is 6.16. The Hall–Kier alpha value is -0.900. The van der Waals surface area contributed by atoms with Gasteiger partial charge in [0.1, 0.15) is 0 Å². The second kappa shape index (κ2) is 2.57. The van der Waals surface area contributed by atoms with Gasteiger partial charge in [-0.1, -0.05) is 12.1 Å². The molecule has 0 radical (unpaired) electrons. The van der Waals surface area contributed by atoms with Crippen molar-refractivity contribution >= 4 is 0 Å². The summed E-state index contributed by atoms with van der Waals surface area (Å²) in [5, 5.41) is 3.99. The summed E-state index contributed by atoms with van der Waals surface area (Å²) < 4.78 is 5.20. The Morgan fingerprint density at radius 3 is 2.71 bits per heavy atom. The van der Waals surface area contributed by atoms with Crippen molar-refractivity contribution in [2.45, 2.75) is 44.1 Å². The predicted molar refractivity (Wildman–Crippen MR) is 50.5 cm³/mol. The maximum Gasteiger partial charge on any atom is 0.229 e. The first-order valence-electron chi connectivity index (χ1n) is 5.30. The van der Waals surface area contributed by atoms with Gasteiger partial charge in [-0.05, 0) is 31.6 Å². The minimum Gasteiger partial charge on any atom is -0.339 e. The minimum atomic E-state index is -0.296. The van der Waals surface area contributed by atoms with Crippen LogP contribution in [0.15, 0.2) is 4.52 Å². The van der Waals surface area contributed by atoms with Crippen molar-refractivity contribution in [1.29, 1.82) is 0 Å². The molecule has 0 atom stereocenters. The quantitative estimate of drug-likeness (QED) is 0.773. The van der Waals surface area contributed by atoms with Crippen molar-refractivity contribution in [3.05, 3.63) is 11.7 Å². The highest BCUT2D eigenvalue weighted by Gasteiger charge is 2.44. The fourth-order valence-corrected chi connectivity index (χ4v) is 2.30. The van der Waals surface area contributed by atoms with Crippen molar-refractivity contribution in [3.63, 3.8) is 0 Å². The second-order valence-electron chi connectivity index (χ2n) is 4.90. The lowest BCUT2D eigenvalue weighted by Gasteiger charge is -2.40. The molecule has 2 saturated carbocycles. The zero-order valence-electron chi connectivity index (χ0n) is 8.36. The summed E-state index contributed by atoms with van der Waals surface area (Å²) in [5.74, 6) is 2.74. The molecule has 0 aromatic carbocycles. The number of nitrogens with zero attached hydrogens (tertiary/aromatic N) is 2. The van der Waals surface area contributed by atoms with Gasteiger partial charge in [-0.2, -0.15) is 4.98 Å². The monoisotopic (exact) mass is 193 g/mol. The van der Waals surface area contributed by atoms with Crippen molar-refractivity contribution in [1.82, 2.24) is 10.1 Å². The highest BCUT2D eigenvalue weighted by Crippen LogP contribution is 2.44. The van der Waals surface area contributed by atoms with Crippen LogP contribution in [0.1, 0.15) is 50.2 Å². The molecule has 0 spiro atoms. The molecule has 4 heteroatoms. The van der Waals surface area contributed by atoms with Gasteiger partial charge in [0.05, 0.1) is 5.54 Å². The molecule has 0 aliphatic heterocycles. The van der Waals surface area contributed by atoms with Gasteiger partial charge in [-0.25, -0.2) is 0 Å². The summed E-state index contributed by atoms with van der Waals surface area (Å²) in [4.78, 5) is 4.40. The van der Waals surface area contributed by atoms with Gasteiger partial charge in [-0.3, -0.25) is 0 Å². The summed E-state index contributed by atoms with van der Waals surface area (Å²) in [6.45, 7) is 2.20. The standard InChI is InChI=1S/C10H15N3O/c1-6-4-10(11,5-6)9-12-8(14-13-9)7-2-3-7/h6-7H,2-5,11H2,1H3. The average Bonchev–Trinajstić information content (AvgIpc) is 2.81. The lowest BCUT2D eigenvalue weighted by molar-refractivity contribution is 0.149. The molecule has 1 heterocycles. The van der Waals surface area contributed by atoms with Crippen molar-refractivity contribution in [2.75, 3.05) is 0 Å². The van der Waals surface area contributed by atoms with Gasteiger partial charge in [0.25, 0.3) is 0 Å². The highest BCUT2D eigenvalue weighted by atomic mass is 16.5. The molecule has 1 aromatic heterocycles. The SMILES string of the molecule is CC1CC(N)(c2noc(C3CC3)n2)C1. The van der Waals surface area contributed by atoms with E-state index in [0.29, 0.717) is 11.8 Å². The Bertz CT molecular complexity index is 350. The molecule has 2 N–H and O–H groups in total. The van der Waals surface area contributed by atoms with E-state index in [0.717, 1.165) is 24.6 Å². The first kappa shape index (κ1) is 8.41. The topological polar surface area (TPSA) is 64.9 Å². The van der Waals surface area contributed by atoms with Gasteiger partial charge in [-0.15, -0.1) is 0 Å². The first-order chi connectivity index (χ1) is 6.67. The lowest BCUT2D eigenvalue weighted by atomic mass is 9.69. The van der Waals surface area contributed by atoms with Crippen LogP contribution >= 0.6 is 0 Å². The Kier molecular flexibility index (Phi) is 1.54. The van der Waals surface area contributed by atoms with Crippen LogP contribution in [-0.2, 0) is 5.54 Å². The first-order valence-corrected chi connectivity index (χ1v) is 5.30. The van der Waals surface area contributed by atoms with E-state index in [1.807, 2.05) is 0 Å². The third-order valence-electron chi connectivity index (χ3n) is 3.24. The molecule has 2 aliphatic carbocycles. The van der Waals surface area contributed by atoms with E-state index in [1.54, 1.807) is 0 Å². The molecule has 14 heavy (non-hydrogen) atoms. The molecule has 2 fully saturated rings. The van der Waals surface area contributed by atoms with E-state index in [9.17, 15) is 0 Å². The van der Waals surface area contributed by atoms with Crippen molar-refractivity contribution in [2.24, 2.45) is 11.7 Å². The summed E-state index contributed by atoms with van der Waals surface area (Å²) in [6, 6.07) is 0. The molecular formula is C10H15N3O. The molecule has 3 rings (SSSR count). The van der Waals surface area contributed by atoms with Crippen LogP contribution in [0.25, 0.3) is 0 Å². The van der Waals surface area contributed by atoms with Crippen LogP contribution < -0.4 is 5.73 Å². The van der Waals surface area contributed by atoms with Gasteiger partial charge >= 0.3 is 0 Å². The highest BCUT2D eigenvalue weighted by molar-refractivity contribution is 5.12. The Morgan fingerprint density at radius 2 is 2.14 bits per heavy atom. The van der Waals surface area contributed by atoms with Crippen LogP contribution in [0.3, 0.4) is 0 Å². The zero-order valence-corrected chi connectivity index (χ0v) is 8.36. The number of hydrogen-bond donors (Lipinski definition) is 1. The van der Waals surface area contributed by atoms with Crippen LogP contribution in [0.2, 0.25) is 0 Å². The molecule has 0 saturated heterocycles. The number of rotatable bonds is 2. The van der Waals surface area contributed by atoms with Gasteiger partial charge in [0.2, 0.25) is 5.89 Å². The van der Waals surface area contributed by atoms with E-state index in [1.165, 1.54) is 12.8 Å². The normalized spacial score (nSPS) is 36.9. The second-order valence-corrected chi connectivity index (χ2v) is 4.90. The summed E-state index contributed by atoms with van der Waals surface area (Å²) in [7, 11) is 0. The largest absolute Gasteiger partial charge is 0.339 e. The molecule has 0 amide bonds. The van der Waals surface area contributed by atoms with Crippen molar-refractivity contribution < 1.29 is 4.52 Å². The molecule has 0 unspecified atom stereocenters. The molecule has 4 nitrogen and oxygen atoms in total. The van der Waals surface area contributed by atoms with E-state index in [4.69, 9.17) is 10.3 Å². The van der Waals surface area contributed by atoms with Crippen LogP contribution in [0, 0.1) is 5.92 Å². The molecule has 76 valence electrons. The van der Waals surface area contributed by atoms with Crippen LogP contribution in [0.5, 0.6) is 0 Å². The summed E-state index contributed by atoms with van der Waals surface area (Å²) >= 11 is 0. The van der Waals surface area contributed by atoms with Crippen LogP contribution in [-0.4, -0.2) is 10.1 Å². The van der Waals surface area contributed by atoms with Crippen molar-refractivity contribution in [3.8, 4) is 0 Å². The average molecular weight is 193 g/mol. The fourth-order valence-electron chi connectivity index (χ4n) is 2.30. The molecule has 0 bridgehead atoms. The Labute approximate surface area is 82.9 Å². The fraction of sp³-hybridized carbons (Fsp3) is 0.800. The van der Waals surface area contributed by atoms with E-state index in [2.05, 4.69) is 17.1 Å². The minimum absolute atomic E-state index is 0.296. The molecular weight excluding hydrogens is 178 g/mol. The Balaban J connectivity index is 1.82. The third kappa shape index (κ3) is 1.17. The van der Waals surface area contributed by atoms with E-state index < -0.39 is 0 Å². The van der Waals surface area contributed by atoms with Gasteiger partial charge < -0.3 is 10.3 Å². The van der Waals surface area contributed by atoms with E-state index >= 15 is 0 Å². The zero-order chi connectivity index (χ0) is 9.76. The predicted octanol–water partition coefficient (Wildman–Crippen LogP) is 1.53. The summed E-state index contributed by atoms with van der Waals surface area (Å²) in [6.07, 6.45) is 4.35. The maximum absolute atomic E-state index is 6.16. The van der Waals surface area contributed by atoms with Crippen LogP contribution in [0.4, 0.5) is 0 Å². The van der Waals surface area contributed by atoms with Gasteiger partial charge in [0, 0.05) is 5.92 Å². The molecule has 2 aliphatic rings. The van der Waals surface area contributed by atoms with Gasteiger partial charge in [0.15, 0.2) is 5.82 Å². The third-order valence-corrected chi connectivity index (χ3v) is 3.24. The number of hydrogen-bond acceptors (Lipinski definition) is 4. The Morgan fingerprint density at radius 1 is 1.43 bits per heavy atom. The lowest BCUT2D eigenvalue weighted by Crippen LogP contribution is -2.48. The summed E-state index contributed by atoms with van der Waals surface area (Å²) in [5.41, 5.74) is 5.87. The number of aromatic nitrogens is 2. The molecule has 1 aromatic rings. The van der Waals surface area contributed by atoms with E-state index in [-0.39, 0.29) is 5.54 Å². The number of nitrogens with two attached hydrogens (primary N) is 1.